The Morgan fingerprint density at radius 1 is 1.06 bits per heavy atom. The summed E-state index contributed by atoms with van der Waals surface area (Å²) in [4.78, 5) is 22.1. The predicted octanol–water partition coefficient (Wildman–Crippen LogP) is 6.87. The quantitative estimate of drug-likeness (QED) is 0.262. The molecular weight excluding hydrogens is 514 g/mol. The van der Waals surface area contributed by atoms with Crippen LogP contribution in [0.3, 0.4) is 0 Å². The van der Waals surface area contributed by atoms with Crippen molar-refractivity contribution in [3.8, 4) is 22.1 Å². The van der Waals surface area contributed by atoms with Gasteiger partial charge in [-0.15, -0.1) is 35.1 Å². The molecule has 2 aromatic carbocycles. The second-order valence-corrected chi connectivity index (χ2v) is 10.4. The molecule has 0 saturated heterocycles. The van der Waals surface area contributed by atoms with Gasteiger partial charge < -0.3 is 14.8 Å². The number of carbonyl (C=O) groups is 1. The highest BCUT2D eigenvalue weighted by Gasteiger charge is 2.27. The summed E-state index contributed by atoms with van der Waals surface area (Å²) in [6.45, 7) is 10.0. The van der Waals surface area contributed by atoms with E-state index in [1.807, 2.05) is 32.0 Å². The lowest BCUT2D eigenvalue weighted by Gasteiger charge is -2.25. The predicted molar refractivity (Wildman–Crippen MR) is 152 cm³/mol. The summed E-state index contributed by atoms with van der Waals surface area (Å²) in [6.07, 6.45) is 0.957. The molecule has 2 aromatic heterocycles. The first kappa shape index (κ1) is 26.4. The number of benzene rings is 2. The number of rotatable bonds is 8. The summed E-state index contributed by atoms with van der Waals surface area (Å²) in [5.41, 5.74) is 3.92. The lowest BCUT2D eigenvalue weighted by atomic mass is 10.0. The smallest absolute Gasteiger partial charge is 0.256 e. The van der Waals surface area contributed by atoms with Crippen LogP contribution in [0.1, 0.15) is 41.6 Å². The van der Waals surface area contributed by atoms with Crippen LogP contribution in [-0.4, -0.2) is 42.1 Å². The van der Waals surface area contributed by atoms with Crippen molar-refractivity contribution in [3.05, 3.63) is 58.5 Å². The van der Waals surface area contributed by atoms with Crippen molar-refractivity contribution in [2.75, 3.05) is 31.6 Å². The average Bonchev–Trinajstić information content (AvgIpc) is 3.45. The number of para-hydroxylation sites is 1. The van der Waals surface area contributed by atoms with Gasteiger partial charge in [-0.05, 0) is 62.7 Å². The van der Waals surface area contributed by atoms with Gasteiger partial charge in [0.25, 0.3) is 5.91 Å². The van der Waals surface area contributed by atoms with Crippen molar-refractivity contribution in [1.82, 2.24) is 9.88 Å². The molecule has 4 aromatic rings. The molecule has 1 aliphatic rings. The van der Waals surface area contributed by atoms with Crippen molar-refractivity contribution in [1.29, 1.82) is 0 Å². The van der Waals surface area contributed by atoms with Gasteiger partial charge >= 0.3 is 0 Å². The maximum absolute atomic E-state index is 13.4. The highest BCUT2D eigenvalue weighted by atomic mass is 35.5. The lowest BCUT2D eigenvalue weighted by molar-refractivity contribution is 0.102. The lowest BCUT2D eigenvalue weighted by Crippen LogP contribution is -2.29. The molecule has 0 aliphatic carbocycles. The van der Waals surface area contributed by atoms with Crippen LogP contribution in [0.4, 0.5) is 5.00 Å². The largest absolute Gasteiger partial charge is 0.490 e. The van der Waals surface area contributed by atoms with Crippen molar-refractivity contribution < 1.29 is 14.3 Å². The average molecular weight is 544 g/mol. The maximum Gasteiger partial charge on any atom is 0.256 e. The third-order valence-corrected chi connectivity index (χ3v) is 8.31. The third-order valence-electron chi connectivity index (χ3n) is 6.12. The fraction of sp³-hybridized carbons (Fsp3) is 0.333. The molecular formula is C27H30ClN3O3S2. The Labute approximate surface area is 225 Å². The van der Waals surface area contributed by atoms with Crippen LogP contribution in [0.2, 0.25) is 0 Å². The minimum atomic E-state index is -0.165. The van der Waals surface area contributed by atoms with Crippen molar-refractivity contribution in [2.24, 2.45) is 0 Å². The van der Waals surface area contributed by atoms with E-state index in [1.54, 1.807) is 40.9 Å². The van der Waals surface area contributed by atoms with Crippen LogP contribution in [0, 0.1) is 0 Å². The minimum absolute atomic E-state index is 0. The Morgan fingerprint density at radius 3 is 2.58 bits per heavy atom. The topological polar surface area (TPSA) is 63.7 Å². The van der Waals surface area contributed by atoms with E-state index >= 15 is 0 Å². The fourth-order valence-electron chi connectivity index (χ4n) is 4.39. The van der Waals surface area contributed by atoms with Gasteiger partial charge in [0, 0.05) is 29.1 Å². The van der Waals surface area contributed by atoms with Crippen LogP contribution in [0.15, 0.2) is 42.5 Å². The van der Waals surface area contributed by atoms with E-state index in [9.17, 15) is 4.79 Å². The summed E-state index contributed by atoms with van der Waals surface area (Å²) >= 11 is 3.35. The van der Waals surface area contributed by atoms with Crippen molar-refractivity contribution in [3.63, 3.8) is 0 Å². The van der Waals surface area contributed by atoms with E-state index in [-0.39, 0.29) is 18.3 Å². The van der Waals surface area contributed by atoms with Gasteiger partial charge in [-0.3, -0.25) is 9.69 Å². The van der Waals surface area contributed by atoms with Gasteiger partial charge in [-0.2, -0.15) is 0 Å². The molecule has 3 heterocycles. The van der Waals surface area contributed by atoms with E-state index in [2.05, 4.69) is 23.2 Å². The first-order valence-electron chi connectivity index (χ1n) is 12.0. The van der Waals surface area contributed by atoms with Crippen LogP contribution in [0.5, 0.6) is 11.5 Å². The van der Waals surface area contributed by atoms with Crippen LogP contribution >= 0.6 is 35.1 Å². The highest BCUT2D eigenvalue weighted by Crippen LogP contribution is 2.46. The molecule has 0 saturated carbocycles. The molecule has 1 amide bonds. The monoisotopic (exact) mass is 543 g/mol. The van der Waals surface area contributed by atoms with Gasteiger partial charge in [0.2, 0.25) is 0 Å². The molecule has 6 nitrogen and oxygen atoms in total. The number of hydrogen-bond donors (Lipinski definition) is 1. The number of likely N-dealkylation sites (N-methyl/N-ethyl adjacent to an activating group) is 1. The summed E-state index contributed by atoms with van der Waals surface area (Å²) in [7, 11) is 0. The number of nitrogens with one attached hydrogen (secondary N) is 1. The molecule has 5 rings (SSSR count). The summed E-state index contributed by atoms with van der Waals surface area (Å²) in [5, 5.41) is 5.04. The van der Waals surface area contributed by atoms with Gasteiger partial charge in [-0.1, -0.05) is 19.1 Å². The Balaban J connectivity index is 0.00000304. The van der Waals surface area contributed by atoms with Crippen LogP contribution in [-0.2, 0) is 13.0 Å². The molecule has 0 unspecified atom stereocenters. The van der Waals surface area contributed by atoms with Crippen molar-refractivity contribution >= 4 is 56.2 Å². The Bertz CT molecular complexity index is 1330. The second kappa shape index (κ2) is 11.6. The summed E-state index contributed by atoms with van der Waals surface area (Å²) in [5.74, 6) is 1.06. The molecule has 0 atom stereocenters. The number of thiazole rings is 1. The molecule has 36 heavy (non-hydrogen) atoms. The van der Waals surface area contributed by atoms with Gasteiger partial charge in [0.05, 0.1) is 23.4 Å². The number of ether oxygens (including phenoxy) is 2. The zero-order chi connectivity index (χ0) is 24.4. The number of thiophene rings is 1. The van der Waals surface area contributed by atoms with E-state index < -0.39 is 0 Å². The summed E-state index contributed by atoms with van der Waals surface area (Å²) in [6, 6.07) is 13.5. The number of anilines is 1. The van der Waals surface area contributed by atoms with Gasteiger partial charge in [-0.25, -0.2) is 4.98 Å². The molecule has 0 radical (unpaired) electrons. The molecule has 1 aliphatic heterocycles. The number of halogens is 1. The SMILES string of the molecule is CCOc1ccc(C(=O)Nc2sc3c(c2-c2nc4ccccc4s2)CCN(CC)C3)cc1OCC.Cl. The maximum atomic E-state index is 13.4. The zero-order valence-electron chi connectivity index (χ0n) is 20.6. The van der Waals surface area contributed by atoms with Crippen LogP contribution in [0.25, 0.3) is 20.8 Å². The summed E-state index contributed by atoms with van der Waals surface area (Å²) < 4.78 is 12.5. The number of aromatic nitrogens is 1. The first-order chi connectivity index (χ1) is 17.1. The van der Waals surface area contributed by atoms with E-state index in [1.165, 1.54) is 10.4 Å². The van der Waals surface area contributed by atoms with Gasteiger partial charge in [0.1, 0.15) is 10.0 Å². The number of fused-ring (bicyclic) bond motifs is 2. The van der Waals surface area contributed by atoms with E-state index in [4.69, 9.17) is 14.5 Å². The fourth-order valence-corrected chi connectivity index (χ4v) is 6.78. The highest BCUT2D eigenvalue weighted by molar-refractivity contribution is 7.23. The number of amides is 1. The second-order valence-electron chi connectivity index (χ2n) is 8.30. The number of nitrogens with zero attached hydrogens (tertiary/aromatic N) is 2. The molecule has 0 fully saturated rings. The minimum Gasteiger partial charge on any atom is -0.490 e. The normalized spacial score (nSPS) is 13.2. The van der Waals surface area contributed by atoms with Crippen molar-refractivity contribution in [2.45, 2.75) is 33.7 Å². The van der Waals surface area contributed by atoms with Gasteiger partial charge in [0.15, 0.2) is 11.5 Å². The Hall–Kier alpha value is -2.65. The number of carbonyl (C=O) groups excluding carboxylic acids is 1. The Kier molecular flexibility index (Phi) is 8.51. The Morgan fingerprint density at radius 2 is 1.83 bits per heavy atom. The first-order valence-corrected chi connectivity index (χ1v) is 13.7. The molecule has 190 valence electrons. The molecule has 1 N–H and O–H groups in total. The van der Waals surface area contributed by atoms with E-state index in [0.29, 0.717) is 30.3 Å². The molecule has 9 heteroatoms. The zero-order valence-corrected chi connectivity index (χ0v) is 23.1. The number of hydrogen-bond acceptors (Lipinski definition) is 7. The van der Waals surface area contributed by atoms with E-state index in [0.717, 1.165) is 51.8 Å². The third kappa shape index (κ3) is 5.22. The van der Waals surface area contributed by atoms with Crippen LogP contribution < -0.4 is 14.8 Å². The molecule has 0 spiro atoms. The molecule has 0 bridgehead atoms. The standard InChI is InChI=1S/C27H29N3O3S2.ClH/c1-4-30-14-13-18-23(16-30)35-27(24(18)26-28-19-9-7-8-10-22(19)34-26)29-25(31)17-11-12-20(32-5-2)21(15-17)33-6-3;/h7-12,15H,4-6,13-14,16H2,1-3H3,(H,29,31);1H.